The van der Waals surface area contributed by atoms with Crippen molar-refractivity contribution in [3.05, 3.63) is 34.1 Å². The lowest BCUT2D eigenvalue weighted by molar-refractivity contribution is 0.148. The smallest absolute Gasteiger partial charge is 0.127 e. The molecule has 2 N–H and O–H groups in total. The molecule has 1 rings (SSSR count). The van der Waals surface area contributed by atoms with Gasteiger partial charge in [0.15, 0.2) is 0 Å². The SMILES string of the molecule is COCC(CCO)NCc1cc(Br)ccc1F. The molecule has 0 aromatic heterocycles. The first-order valence-electron chi connectivity index (χ1n) is 5.44. The molecule has 0 fully saturated rings. The number of hydrogen-bond donors (Lipinski definition) is 2. The summed E-state index contributed by atoms with van der Waals surface area (Å²) >= 11 is 3.31. The van der Waals surface area contributed by atoms with Crippen LogP contribution in [0.2, 0.25) is 0 Å². The predicted octanol–water partition coefficient (Wildman–Crippen LogP) is 2.08. The van der Waals surface area contributed by atoms with Gasteiger partial charge in [-0.3, -0.25) is 0 Å². The van der Waals surface area contributed by atoms with E-state index in [-0.39, 0.29) is 18.5 Å². The molecule has 0 aliphatic heterocycles. The summed E-state index contributed by atoms with van der Waals surface area (Å²) in [7, 11) is 1.60. The van der Waals surface area contributed by atoms with Gasteiger partial charge in [0.2, 0.25) is 0 Å². The van der Waals surface area contributed by atoms with E-state index < -0.39 is 0 Å². The van der Waals surface area contributed by atoms with Crippen molar-refractivity contribution in [2.45, 2.75) is 19.0 Å². The highest BCUT2D eigenvalue weighted by Crippen LogP contribution is 2.15. The molecule has 5 heteroatoms. The number of ether oxygens (including phenoxy) is 1. The monoisotopic (exact) mass is 305 g/mol. The van der Waals surface area contributed by atoms with Crippen LogP contribution < -0.4 is 5.32 Å². The van der Waals surface area contributed by atoms with Crippen molar-refractivity contribution in [3.8, 4) is 0 Å². The van der Waals surface area contributed by atoms with Crippen molar-refractivity contribution >= 4 is 15.9 Å². The minimum Gasteiger partial charge on any atom is -0.396 e. The Hall–Kier alpha value is -0.490. The molecule has 1 unspecified atom stereocenters. The van der Waals surface area contributed by atoms with Gasteiger partial charge in [0.05, 0.1) is 6.61 Å². The predicted molar refractivity (Wildman–Crippen MR) is 68.3 cm³/mol. The van der Waals surface area contributed by atoms with E-state index in [1.807, 2.05) is 0 Å². The largest absolute Gasteiger partial charge is 0.396 e. The summed E-state index contributed by atoms with van der Waals surface area (Å²) in [4.78, 5) is 0. The maximum absolute atomic E-state index is 13.5. The Morgan fingerprint density at radius 1 is 1.53 bits per heavy atom. The van der Waals surface area contributed by atoms with Gasteiger partial charge in [0.1, 0.15) is 5.82 Å². The van der Waals surface area contributed by atoms with Gasteiger partial charge in [0.25, 0.3) is 0 Å². The third-order valence-corrected chi connectivity index (χ3v) is 2.93. The molecule has 0 amide bonds. The number of hydrogen-bond acceptors (Lipinski definition) is 3. The van der Waals surface area contributed by atoms with Crippen molar-refractivity contribution < 1.29 is 14.2 Å². The third-order valence-electron chi connectivity index (χ3n) is 2.43. The topological polar surface area (TPSA) is 41.5 Å². The van der Waals surface area contributed by atoms with Crippen molar-refractivity contribution in [3.63, 3.8) is 0 Å². The summed E-state index contributed by atoms with van der Waals surface area (Å²) in [5.74, 6) is -0.235. The van der Waals surface area contributed by atoms with Crippen LogP contribution in [0.4, 0.5) is 4.39 Å². The summed E-state index contributed by atoms with van der Waals surface area (Å²) in [6.45, 7) is 0.997. The number of nitrogens with one attached hydrogen (secondary N) is 1. The van der Waals surface area contributed by atoms with Crippen molar-refractivity contribution in [1.82, 2.24) is 5.32 Å². The van der Waals surface area contributed by atoms with Gasteiger partial charge in [-0.05, 0) is 24.6 Å². The summed E-state index contributed by atoms with van der Waals surface area (Å²) in [5, 5.41) is 12.0. The number of aliphatic hydroxyl groups excluding tert-OH is 1. The molecule has 1 aromatic carbocycles. The quantitative estimate of drug-likeness (QED) is 0.810. The van der Waals surface area contributed by atoms with Crippen LogP contribution in [-0.2, 0) is 11.3 Å². The zero-order valence-electron chi connectivity index (χ0n) is 9.75. The second kappa shape index (κ2) is 7.76. The van der Waals surface area contributed by atoms with E-state index >= 15 is 0 Å². The Bertz CT molecular complexity index is 343. The number of halogens is 2. The molecule has 0 heterocycles. The normalized spacial score (nSPS) is 12.7. The van der Waals surface area contributed by atoms with Gasteiger partial charge in [-0.1, -0.05) is 15.9 Å². The maximum atomic E-state index is 13.5. The standard InChI is InChI=1S/C12H17BrFNO2/c1-17-8-11(4-5-16)15-7-9-6-10(13)2-3-12(9)14/h2-3,6,11,15-16H,4-5,7-8H2,1H3. The fraction of sp³-hybridized carbons (Fsp3) is 0.500. The highest BCUT2D eigenvalue weighted by molar-refractivity contribution is 9.10. The zero-order chi connectivity index (χ0) is 12.7. The molecule has 1 atom stereocenters. The zero-order valence-corrected chi connectivity index (χ0v) is 11.3. The van der Waals surface area contributed by atoms with E-state index in [9.17, 15) is 4.39 Å². The first-order chi connectivity index (χ1) is 8.17. The number of rotatable bonds is 7. The Morgan fingerprint density at radius 2 is 2.29 bits per heavy atom. The van der Waals surface area contributed by atoms with Crippen LogP contribution in [0.25, 0.3) is 0 Å². The Kier molecular flexibility index (Phi) is 6.65. The van der Waals surface area contributed by atoms with E-state index in [1.54, 1.807) is 19.2 Å². The average Bonchev–Trinajstić information content (AvgIpc) is 2.30. The molecule has 3 nitrogen and oxygen atoms in total. The molecular formula is C12H17BrFNO2. The summed E-state index contributed by atoms with van der Waals surface area (Å²) in [6.07, 6.45) is 0.587. The minimum absolute atomic E-state index is 0.0309. The van der Waals surface area contributed by atoms with Crippen LogP contribution >= 0.6 is 15.9 Å². The first kappa shape index (κ1) is 14.6. The van der Waals surface area contributed by atoms with Gasteiger partial charge in [0, 0.05) is 36.3 Å². The lowest BCUT2D eigenvalue weighted by Gasteiger charge is -2.17. The Labute approximate surface area is 109 Å². The Balaban J connectivity index is 2.55. The maximum Gasteiger partial charge on any atom is 0.127 e. The average molecular weight is 306 g/mol. The van der Waals surface area contributed by atoms with Gasteiger partial charge < -0.3 is 15.2 Å². The molecule has 0 spiro atoms. The molecule has 0 aliphatic carbocycles. The molecule has 96 valence electrons. The molecular weight excluding hydrogens is 289 g/mol. The number of aliphatic hydroxyl groups is 1. The van der Waals surface area contributed by atoms with Crippen LogP contribution in [0.5, 0.6) is 0 Å². The first-order valence-corrected chi connectivity index (χ1v) is 6.23. The van der Waals surface area contributed by atoms with E-state index in [0.717, 1.165) is 4.47 Å². The van der Waals surface area contributed by atoms with Crippen molar-refractivity contribution in [2.75, 3.05) is 20.3 Å². The molecule has 0 saturated heterocycles. The molecule has 0 saturated carbocycles. The second-order valence-electron chi connectivity index (χ2n) is 3.78. The molecule has 0 aliphatic rings. The second-order valence-corrected chi connectivity index (χ2v) is 4.70. The van der Waals surface area contributed by atoms with E-state index in [2.05, 4.69) is 21.2 Å². The highest BCUT2D eigenvalue weighted by Gasteiger charge is 2.09. The fourth-order valence-corrected chi connectivity index (χ4v) is 1.94. The van der Waals surface area contributed by atoms with Gasteiger partial charge in [-0.15, -0.1) is 0 Å². The summed E-state index contributed by atoms with van der Waals surface area (Å²) in [5.41, 5.74) is 0.596. The van der Waals surface area contributed by atoms with Crippen LogP contribution in [0.15, 0.2) is 22.7 Å². The minimum atomic E-state index is -0.235. The van der Waals surface area contributed by atoms with Gasteiger partial charge >= 0.3 is 0 Å². The number of benzene rings is 1. The lowest BCUT2D eigenvalue weighted by atomic mass is 10.1. The molecule has 1 aromatic rings. The van der Waals surface area contributed by atoms with E-state index in [0.29, 0.717) is 25.1 Å². The number of methoxy groups -OCH3 is 1. The highest BCUT2D eigenvalue weighted by atomic mass is 79.9. The van der Waals surface area contributed by atoms with Crippen LogP contribution in [0, 0.1) is 5.82 Å². The van der Waals surface area contributed by atoms with Crippen LogP contribution in [-0.4, -0.2) is 31.5 Å². The summed E-state index contributed by atoms with van der Waals surface area (Å²) < 4.78 is 19.3. The van der Waals surface area contributed by atoms with Gasteiger partial charge in [-0.25, -0.2) is 4.39 Å². The molecule has 0 radical (unpaired) electrons. The third kappa shape index (κ3) is 5.12. The van der Waals surface area contributed by atoms with Crippen molar-refractivity contribution in [1.29, 1.82) is 0 Å². The van der Waals surface area contributed by atoms with E-state index in [1.165, 1.54) is 6.07 Å². The van der Waals surface area contributed by atoms with Gasteiger partial charge in [-0.2, -0.15) is 0 Å². The van der Waals surface area contributed by atoms with Crippen molar-refractivity contribution in [2.24, 2.45) is 0 Å². The lowest BCUT2D eigenvalue weighted by Crippen LogP contribution is -2.33. The molecule has 17 heavy (non-hydrogen) atoms. The fourth-order valence-electron chi connectivity index (χ4n) is 1.53. The Morgan fingerprint density at radius 3 is 2.94 bits per heavy atom. The molecule has 0 bridgehead atoms. The van der Waals surface area contributed by atoms with E-state index in [4.69, 9.17) is 9.84 Å². The van der Waals surface area contributed by atoms with Crippen LogP contribution in [0.1, 0.15) is 12.0 Å². The van der Waals surface area contributed by atoms with Crippen LogP contribution in [0.3, 0.4) is 0 Å². The summed E-state index contributed by atoms with van der Waals surface area (Å²) in [6, 6.07) is 4.87.